The van der Waals surface area contributed by atoms with Gasteiger partial charge in [-0.25, -0.2) is 19.9 Å². The molecule has 3 heterocycles. The molecule has 138 valence electrons. The molecule has 0 amide bonds. The summed E-state index contributed by atoms with van der Waals surface area (Å²) in [6, 6.07) is 9.57. The molecule has 3 aromatic rings. The van der Waals surface area contributed by atoms with Crippen molar-refractivity contribution in [2.75, 3.05) is 36.9 Å². The number of ether oxygens (including phenoxy) is 1. The van der Waals surface area contributed by atoms with E-state index in [0.29, 0.717) is 19.2 Å². The number of aliphatic hydroxyl groups excluding tert-OH is 1. The molecule has 1 saturated heterocycles. The highest BCUT2D eigenvalue weighted by molar-refractivity contribution is 5.69. The molecule has 0 atom stereocenters. The first-order chi connectivity index (χ1) is 13.2. The molecule has 3 N–H and O–H groups in total. The first kappa shape index (κ1) is 17.3. The van der Waals surface area contributed by atoms with Crippen molar-refractivity contribution < 1.29 is 9.84 Å². The molecule has 1 aromatic carbocycles. The van der Waals surface area contributed by atoms with Gasteiger partial charge in [-0.2, -0.15) is 0 Å². The van der Waals surface area contributed by atoms with E-state index < -0.39 is 0 Å². The number of aliphatic hydroxyl groups is 1. The van der Waals surface area contributed by atoms with E-state index in [1.807, 2.05) is 30.3 Å². The summed E-state index contributed by atoms with van der Waals surface area (Å²) in [6.45, 7) is 2.74. The van der Waals surface area contributed by atoms with Crippen LogP contribution in [0, 0.1) is 0 Å². The lowest BCUT2D eigenvalue weighted by Crippen LogP contribution is -2.37. The Labute approximate surface area is 156 Å². The van der Waals surface area contributed by atoms with Gasteiger partial charge in [0.15, 0.2) is 0 Å². The number of morpholine rings is 1. The fraction of sp³-hybridized carbons (Fsp3) is 0.263. The van der Waals surface area contributed by atoms with Crippen molar-refractivity contribution in [1.82, 2.24) is 19.9 Å². The highest BCUT2D eigenvalue weighted by atomic mass is 16.5. The van der Waals surface area contributed by atoms with Gasteiger partial charge in [-0.15, -0.1) is 0 Å². The van der Waals surface area contributed by atoms with E-state index >= 15 is 0 Å². The summed E-state index contributed by atoms with van der Waals surface area (Å²) in [5, 5.41) is 9.44. The normalized spacial score (nSPS) is 14.3. The second-order valence-corrected chi connectivity index (χ2v) is 6.23. The van der Waals surface area contributed by atoms with Crippen LogP contribution in [0.3, 0.4) is 0 Å². The molecule has 1 aliphatic heterocycles. The summed E-state index contributed by atoms with van der Waals surface area (Å²) in [7, 11) is 0. The van der Waals surface area contributed by atoms with Crippen molar-refractivity contribution in [1.29, 1.82) is 0 Å². The van der Waals surface area contributed by atoms with E-state index in [-0.39, 0.29) is 12.6 Å². The number of anilines is 2. The Balaban J connectivity index is 1.81. The van der Waals surface area contributed by atoms with Crippen molar-refractivity contribution in [2.45, 2.75) is 6.61 Å². The van der Waals surface area contributed by atoms with Crippen LogP contribution in [-0.4, -0.2) is 51.3 Å². The van der Waals surface area contributed by atoms with E-state index in [9.17, 15) is 5.11 Å². The summed E-state index contributed by atoms with van der Waals surface area (Å²) in [6.07, 6.45) is 3.31. The first-order valence-electron chi connectivity index (χ1n) is 8.73. The molecule has 8 heteroatoms. The zero-order valence-electron chi connectivity index (χ0n) is 14.7. The van der Waals surface area contributed by atoms with Crippen molar-refractivity contribution in [3.63, 3.8) is 0 Å². The predicted octanol–water partition coefficient (Wildman–Crippen LogP) is 1.51. The molecule has 27 heavy (non-hydrogen) atoms. The minimum absolute atomic E-state index is 0.0199. The average Bonchev–Trinajstić information content (AvgIpc) is 2.74. The number of benzene rings is 1. The summed E-state index contributed by atoms with van der Waals surface area (Å²) in [5.41, 5.74) is 9.60. The van der Waals surface area contributed by atoms with Gasteiger partial charge in [-0.05, 0) is 17.7 Å². The van der Waals surface area contributed by atoms with Gasteiger partial charge < -0.3 is 20.5 Å². The average molecular weight is 364 g/mol. The van der Waals surface area contributed by atoms with Crippen LogP contribution in [0.15, 0.2) is 42.7 Å². The largest absolute Gasteiger partial charge is 0.392 e. The van der Waals surface area contributed by atoms with Crippen LogP contribution in [0.2, 0.25) is 0 Å². The molecule has 0 bridgehead atoms. The SMILES string of the molecule is Nc1ncc(-c2cc(-c3cccc(CO)c3)nc(N3CCOCC3)n2)cn1. The van der Waals surface area contributed by atoms with Crippen LogP contribution in [0.25, 0.3) is 22.5 Å². The monoisotopic (exact) mass is 364 g/mol. The van der Waals surface area contributed by atoms with Gasteiger partial charge in [0.2, 0.25) is 11.9 Å². The van der Waals surface area contributed by atoms with Gasteiger partial charge >= 0.3 is 0 Å². The number of nitrogen functional groups attached to an aromatic ring is 1. The lowest BCUT2D eigenvalue weighted by atomic mass is 10.1. The molecular weight excluding hydrogens is 344 g/mol. The lowest BCUT2D eigenvalue weighted by molar-refractivity contribution is 0.122. The second kappa shape index (κ2) is 7.65. The van der Waals surface area contributed by atoms with Crippen LogP contribution >= 0.6 is 0 Å². The molecule has 1 fully saturated rings. The topological polar surface area (TPSA) is 110 Å². The third-order valence-electron chi connectivity index (χ3n) is 4.38. The summed E-state index contributed by atoms with van der Waals surface area (Å²) in [5.74, 6) is 0.856. The molecule has 0 radical (unpaired) electrons. The van der Waals surface area contributed by atoms with Crippen molar-refractivity contribution in [2.24, 2.45) is 0 Å². The van der Waals surface area contributed by atoms with E-state index in [1.54, 1.807) is 12.4 Å². The molecule has 0 saturated carbocycles. The van der Waals surface area contributed by atoms with Gasteiger partial charge in [-0.3, -0.25) is 0 Å². The Bertz CT molecular complexity index is 926. The molecule has 8 nitrogen and oxygen atoms in total. The Hall–Kier alpha value is -3.10. The van der Waals surface area contributed by atoms with Crippen LogP contribution < -0.4 is 10.6 Å². The van der Waals surface area contributed by atoms with Gasteiger partial charge in [0.05, 0.1) is 31.2 Å². The Morgan fingerprint density at radius 1 is 1.00 bits per heavy atom. The zero-order valence-corrected chi connectivity index (χ0v) is 14.7. The maximum Gasteiger partial charge on any atom is 0.226 e. The summed E-state index contributed by atoms with van der Waals surface area (Å²) < 4.78 is 5.44. The Morgan fingerprint density at radius 3 is 2.41 bits per heavy atom. The first-order valence-corrected chi connectivity index (χ1v) is 8.73. The van der Waals surface area contributed by atoms with Crippen molar-refractivity contribution >= 4 is 11.9 Å². The zero-order chi connectivity index (χ0) is 18.6. The van der Waals surface area contributed by atoms with Crippen molar-refractivity contribution in [3.8, 4) is 22.5 Å². The highest BCUT2D eigenvalue weighted by Crippen LogP contribution is 2.27. The number of hydrogen-bond donors (Lipinski definition) is 2. The van der Waals surface area contributed by atoms with Crippen LogP contribution in [0.4, 0.5) is 11.9 Å². The fourth-order valence-corrected chi connectivity index (χ4v) is 2.93. The Morgan fingerprint density at radius 2 is 1.70 bits per heavy atom. The van der Waals surface area contributed by atoms with Gasteiger partial charge in [0, 0.05) is 36.6 Å². The third-order valence-corrected chi connectivity index (χ3v) is 4.38. The number of nitrogens with zero attached hydrogens (tertiary/aromatic N) is 5. The molecule has 2 aromatic heterocycles. The standard InChI is InChI=1S/C19H20N6O2/c20-18-21-10-15(11-22-18)17-9-16(14-3-1-2-13(8-14)12-26)23-19(24-17)25-4-6-27-7-5-25/h1-3,8-11,26H,4-7,12H2,(H2,20,21,22). The molecular formula is C19H20N6O2. The van der Waals surface area contributed by atoms with Gasteiger partial charge in [0.1, 0.15) is 0 Å². The van der Waals surface area contributed by atoms with E-state index in [1.165, 1.54) is 0 Å². The van der Waals surface area contributed by atoms with Gasteiger partial charge in [0.25, 0.3) is 0 Å². The smallest absolute Gasteiger partial charge is 0.226 e. The second-order valence-electron chi connectivity index (χ2n) is 6.23. The predicted molar refractivity (Wildman–Crippen MR) is 102 cm³/mol. The molecule has 1 aliphatic rings. The number of aromatic nitrogens is 4. The van der Waals surface area contributed by atoms with Crippen LogP contribution in [0.5, 0.6) is 0 Å². The molecule has 0 spiro atoms. The number of hydrogen-bond acceptors (Lipinski definition) is 8. The minimum atomic E-state index is -0.0199. The van der Waals surface area contributed by atoms with E-state index in [2.05, 4.69) is 14.9 Å². The maximum atomic E-state index is 9.44. The Kier molecular flexibility index (Phi) is 4.91. The quantitative estimate of drug-likeness (QED) is 0.717. The molecule has 4 rings (SSSR count). The number of rotatable bonds is 4. The summed E-state index contributed by atoms with van der Waals surface area (Å²) >= 11 is 0. The summed E-state index contributed by atoms with van der Waals surface area (Å²) in [4.78, 5) is 19.7. The van der Waals surface area contributed by atoms with Gasteiger partial charge in [-0.1, -0.05) is 18.2 Å². The highest BCUT2D eigenvalue weighted by Gasteiger charge is 2.17. The molecule has 0 unspecified atom stereocenters. The van der Waals surface area contributed by atoms with Crippen molar-refractivity contribution in [3.05, 3.63) is 48.3 Å². The molecule has 0 aliphatic carbocycles. The van der Waals surface area contributed by atoms with Crippen LogP contribution in [-0.2, 0) is 11.3 Å². The van der Waals surface area contributed by atoms with Crippen LogP contribution in [0.1, 0.15) is 5.56 Å². The van der Waals surface area contributed by atoms with E-state index in [4.69, 9.17) is 20.4 Å². The minimum Gasteiger partial charge on any atom is -0.392 e. The lowest BCUT2D eigenvalue weighted by Gasteiger charge is -2.27. The maximum absolute atomic E-state index is 9.44. The third kappa shape index (κ3) is 3.86. The number of nitrogens with two attached hydrogens (primary N) is 1. The fourth-order valence-electron chi connectivity index (χ4n) is 2.93. The van der Waals surface area contributed by atoms with E-state index in [0.717, 1.165) is 41.2 Å².